The number of hydrogen-bond donors (Lipinski definition) is 2. The molecule has 6 heteroatoms. The smallest absolute Gasteiger partial charge is 0.222 e. The van der Waals surface area contributed by atoms with Crippen LogP contribution in [0, 0.1) is 0 Å². The van der Waals surface area contributed by atoms with Gasteiger partial charge in [-0.3, -0.25) is 9.59 Å². The Hall–Kier alpha value is -2.86. The number of rotatable bonds is 10. The van der Waals surface area contributed by atoms with E-state index in [9.17, 15) is 9.59 Å². The molecule has 0 saturated heterocycles. The van der Waals surface area contributed by atoms with Crippen LogP contribution in [0.25, 0.3) is 0 Å². The molecule has 0 aliphatic heterocycles. The van der Waals surface area contributed by atoms with Crippen molar-refractivity contribution in [3.63, 3.8) is 0 Å². The number of carbonyl (C=O) groups is 2. The summed E-state index contributed by atoms with van der Waals surface area (Å²) < 4.78 is 5.18. The van der Waals surface area contributed by atoms with Crippen LogP contribution in [0.15, 0.2) is 54.6 Å². The molecule has 0 saturated carbocycles. The second kappa shape index (κ2) is 11.2. The molecule has 2 atom stereocenters. The lowest BCUT2D eigenvalue weighted by molar-refractivity contribution is -0.123. The van der Waals surface area contributed by atoms with Crippen LogP contribution in [0.5, 0.6) is 5.75 Å². The summed E-state index contributed by atoms with van der Waals surface area (Å²) in [6.07, 6.45) is 1.03. The van der Waals surface area contributed by atoms with Crippen molar-refractivity contribution in [3.8, 4) is 5.75 Å². The number of ether oxygens (including phenoxy) is 1. The van der Waals surface area contributed by atoms with Crippen LogP contribution >= 0.6 is 0 Å². The van der Waals surface area contributed by atoms with Gasteiger partial charge in [0, 0.05) is 19.5 Å². The maximum atomic E-state index is 12.6. The number of amides is 2. The van der Waals surface area contributed by atoms with Gasteiger partial charge in [-0.2, -0.15) is 0 Å². The molecule has 2 aromatic carbocycles. The first-order valence-corrected chi connectivity index (χ1v) is 9.77. The Kier molecular flexibility index (Phi) is 8.68. The van der Waals surface area contributed by atoms with Crippen LogP contribution in [0.2, 0.25) is 0 Å². The lowest BCUT2D eigenvalue weighted by Gasteiger charge is -2.25. The molecule has 0 bridgehead atoms. The predicted molar refractivity (Wildman–Crippen MR) is 115 cm³/mol. The van der Waals surface area contributed by atoms with E-state index in [4.69, 9.17) is 4.74 Å². The summed E-state index contributed by atoms with van der Waals surface area (Å²) >= 11 is 0. The molecule has 0 aliphatic rings. The van der Waals surface area contributed by atoms with Crippen LogP contribution in [0.4, 0.5) is 0 Å². The molecular formula is C23H31N3O3. The third-order valence-corrected chi connectivity index (χ3v) is 4.86. The van der Waals surface area contributed by atoms with Crippen molar-refractivity contribution in [1.29, 1.82) is 0 Å². The highest BCUT2D eigenvalue weighted by Gasteiger charge is 2.19. The fourth-order valence-electron chi connectivity index (χ4n) is 3.15. The first-order valence-electron chi connectivity index (χ1n) is 9.77. The Bertz CT molecular complexity index is 776. The summed E-state index contributed by atoms with van der Waals surface area (Å²) in [5, 5.41) is 5.89. The lowest BCUT2D eigenvalue weighted by atomic mass is 10.0. The Labute approximate surface area is 173 Å². The van der Waals surface area contributed by atoms with Gasteiger partial charge < -0.3 is 20.3 Å². The zero-order chi connectivity index (χ0) is 21.2. The van der Waals surface area contributed by atoms with Crippen LogP contribution in [-0.4, -0.2) is 50.5 Å². The van der Waals surface area contributed by atoms with E-state index in [1.165, 1.54) is 12.5 Å². The minimum atomic E-state index is -0.384. The number of methoxy groups -OCH3 is 1. The monoisotopic (exact) mass is 397 g/mol. The number of benzene rings is 2. The van der Waals surface area contributed by atoms with Gasteiger partial charge in [-0.05, 0) is 43.8 Å². The van der Waals surface area contributed by atoms with Gasteiger partial charge in [-0.15, -0.1) is 0 Å². The molecule has 29 heavy (non-hydrogen) atoms. The Morgan fingerprint density at radius 2 is 1.69 bits per heavy atom. The summed E-state index contributed by atoms with van der Waals surface area (Å²) in [5.41, 5.74) is 2.10. The lowest BCUT2D eigenvalue weighted by Crippen LogP contribution is -2.42. The first-order chi connectivity index (χ1) is 13.9. The minimum absolute atomic E-state index is 0.0977. The average Bonchev–Trinajstić information content (AvgIpc) is 2.71. The Balaban J connectivity index is 1.97. The van der Waals surface area contributed by atoms with Crippen molar-refractivity contribution in [2.45, 2.75) is 31.8 Å². The molecule has 0 heterocycles. The Morgan fingerprint density at radius 3 is 2.24 bits per heavy atom. The molecule has 2 aromatic rings. The number of nitrogens with one attached hydrogen (secondary N) is 2. The van der Waals surface area contributed by atoms with Crippen LogP contribution < -0.4 is 15.4 Å². The van der Waals surface area contributed by atoms with Crippen LogP contribution in [0.3, 0.4) is 0 Å². The van der Waals surface area contributed by atoms with E-state index in [2.05, 4.69) is 27.7 Å². The van der Waals surface area contributed by atoms with Gasteiger partial charge in [0.2, 0.25) is 11.8 Å². The summed E-state index contributed by atoms with van der Waals surface area (Å²) in [6, 6.07) is 17.4. The number of carbonyl (C=O) groups excluding carboxylic acids is 2. The molecule has 6 nitrogen and oxygen atoms in total. The van der Waals surface area contributed by atoms with Crippen molar-refractivity contribution in [2.75, 3.05) is 27.7 Å². The van der Waals surface area contributed by atoms with E-state index in [-0.39, 0.29) is 30.3 Å². The molecule has 0 fully saturated rings. The zero-order valence-electron chi connectivity index (χ0n) is 17.6. The van der Waals surface area contributed by atoms with Gasteiger partial charge in [-0.1, -0.05) is 42.5 Å². The third-order valence-electron chi connectivity index (χ3n) is 4.86. The summed E-state index contributed by atoms with van der Waals surface area (Å²) in [4.78, 5) is 26.3. The highest BCUT2D eigenvalue weighted by Crippen LogP contribution is 2.20. The van der Waals surface area contributed by atoms with Crippen LogP contribution in [0.1, 0.15) is 30.5 Å². The quantitative estimate of drug-likeness (QED) is 0.646. The molecule has 0 radical (unpaired) electrons. The van der Waals surface area contributed by atoms with E-state index in [1.807, 2.05) is 56.6 Å². The molecule has 0 aromatic heterocycles. The minimum Gasteiger partial charge on any atom is -0.497 e. The number of likely N-dealkylation sites (N-methyl/N-ethyl adjacent to an activating group) is 1. The van der Waals surface area contributed by atoms with Gasteiger partial charge >= 0.3 is 0 Å². The van der Waals surface area contributed by atoms with Crippen molar-refractivity contribution in [1.82, 2.24) is 15.5 Å². The van der Waals surface area contributed by atoms with E-state index in [0.29, 0.717) is 6.54 Å². The largest absolute Gasteiger partial charge is 0.497 e. The average molecular weight is 398 g/mol. The maximum absolute atomic E-state index is 12.6. The fourth-order valence-corrected chi connectivity index (χ4v) is 3.15. The predicted octanol–water partition coefficient (Wildman–Crippen LogP) is 2.55. The maximum Gasteiger partial charge on any atom is 0.222 e. The topological polar surface area (TPSA) is 70.7 Å². The van der Waals surface area contributed by atoms with E-state index in [1.54, 1.807) is 7.11 Å². The van der Waals surface area contributed by atoms with Crippen molar-refractivity contribution >= 4 is 11.8 Å². The summed E-state index contributed by atoms with van der Waals surface area (Å²) in [6.45, 7) is 1.99. The molecule has 0 aliphatic carbocycles. The van der Waals surface area contributed by atoms with Gasteiger partial charge in [0.05, 0.1) is 19.6 Å². The van der Waals surface area contributed by atoms with Gasteiger partial charge in [0.1, 0.15) is 5.75 Å². The number of hydrogen-bond acceptors (Lipinski definition) is 4. The molecule has 156 valence electrons. The van der Waals surface area contributed by atoms with E-state index >= 15 is 0 Å². The van der Waals surface area contributed by atoms with Gasteiger partial charge in [0.25, 0.3) is 0 Å². The molecule has 0 spiro atoms. The SMILES string of the molecule is COc1ccc(C(CC(=O)NCC(Cc2ccccc2)N(C)C)NC(C)=O)cc1. The Morgan fingerprint density at radius 1 is 1.03 bits per heavy atom. The van der Waals surface area contributed by atoms with Gasteiger partial charge in [-0.25, -0.2) is 0 Å². The van der Waals surface area contributed by atoms with Gasteiger partial charge in [0.15, 0.2) is 0 Å². The van der Waals surface area contributed by atoms with E-state index < -0.39 is 0 Å². The van der Waals surface area contributed by atoms with Crippen molar-refractivity contribution < 1.29 is 14.3 Å². The molecule has 2 rings (SSSR count). The second-order valence-corrected chi connectivity index (χ2v) is 7.34. The normalized spacial score (nSPS) is 12.9. The third kappa shape index (κ3) is 7.58. The summed E-state index contributed by atoms with van der Waals surface area (Å²) in [5.74, 6) is 0.461. The molecular weight excluding hydrogens is 366 g/mol. The summed E-state index contributed by atoms with van der Waals surface area (Å²) in [7, 11) is 5.62. The zero-order valence-corrected chi connectivity index (χ0v) is 17.6. The fraction of sp³-hybridized carbons (Fsp3) is 0.391. The number of nitrogens with zero attached hydrogens (tertiary/aromatic N) is 1. The first kappa shape index (κ1) is 22.4. The molecule has 2 unspecified atom stereocenters. The second-order valence-electron chi connectivity index (χ2n) is 7.34. The molecule has 2 N–H and O–H groups in total. The van der Waals surface area contributed by atoms with Crippen molar-refractivity contribution in [2.24, 2.45) is 0 Å². The van der Waals surface area contributed by atoms with E-state index in [0.717, 1.165) is 17.7 Å². The highest BCUT2D eigenvalue weighted by molar-refractivity contribution is 5.79. The highest BCUT2D eigenvalue weighted by atomic mass is 16.5. The van der Waals surface area contributed by atoms with Crippen molar-refractivity contribution in [3.05, 3.63) is 65.7 Å². The standard InChI is InChI=1S/C23H31N3O3/c1-17(27)25-22(19-10-12-21(29-4)13-11-19)15-23(28)24-16-20(26(2)3)14-18-8-6-5-7-9-18/h5-13,20,22H,14-16H2,1-4H3,(H,24,28)(H,25,27). The van der Waals surface area contributed by atoms with Crippen LogP contribution in [-0.2, 0) is 16.0 Å². The molecule has 2 amide bonds.